The highest BCUT2D eigenvalue weighted by molar-refractivity contribution is 5.80. The Labute approximate surface area is 205 Å². The number of fused-ring (bicyclic) bond motifs is 3. The molecule has 0 spiro atoms. The number of ether oxygens (including phenoxy) is 1. The first-order valence-corrected chi connectivity index (χ1v) is 12.0. The van der Waals surface area contributed by atoms with Crippen LogP contribution in [-0.4, -0.2) is 42.3 Å². The van der Waals surface area contributed by atoms with E-state index in [1.54, 1.807) is 0 Å². The lowest BCUT2D eigenvalue weighted by molar-refractivity contribution is -0.139. The Morgan fingerprint density at radius 2 is 1.66 bits per heavy atom. The third-order valence-corrected chi connectivity index (χ3v) is 6.72. The average Bonchev–Trinajstić information content (AvgIpc) is 3.14. The van der Waals surface area contributed by atoms with Crippen LogP contribution in [0.25, 0.3) is 11.1 Å². The minimum Gasteiger partial charge on any atom is -0.481 e. The van der Waals surface area contributed by atoms with Crippen LogP contribution in [0.2, 0.25) is 0 Å². The fourth-order valence-electron chi connectivity index (χ4n) is 4.94. The molecule has 0 saturated heterocycles. The van der Waals surface area contributed by atoms with Gasteiger partial charge in [0.25, 0.3) is 0 Å². The molecular formula is C28H32N2O5. The van der Waals surface area contributed by atoms with E-state index in [2.05, 4.69) is 34.9 Å². The second-order valence-electron chi connectivity index (χ2n) is 10.1. The van der Waals surface area contributed by atoms with Crippen LogP contribution >= 0.6 is 0 Å². The van der Waals surface area contributed by atoms with Gasteiger partial charge in [0.05, 0.1) is 12.5 Å². The quantitative estimate of drug-likeness (QED) is 0.488. The summed E-state index contributed by atoms with van der Waals surface area (Å²) >= 11 is 0. The van der Waals surface area contributed by atoms with Crippen molar-refractivity contribution < 1.29 is 24.2 Å². The number of aliphatic carboxylic acids is 1. The fraction of sp³-hybridized carbons (Fsp3) is 0.393. The molecule has 3 N–H and O–H groups in total. The third kappa shape index (κ3) is 5.91. The Bertz CT molecular complexity index is 1090. The molecule has 0 aliphatic heterocycles. The summed E-state index contributed by atoms with van der Waals surface area (Å²) in [7, 11) is 0. The van der Waals surface area contributed by atoms with E-state index in [0.29, 0.717) is 12.8 Å². The molecule has 2 aromatic carbocycles. The number of hydrogen-bond donors (Lipinski definition) is 3. The van der Waals surface area contributed by atoms with Gasteiger partial charge >= 0.3 is 12.1 Å². The van der Waals surface area contributed by atoms with Gasteiger partial charge in [0, 0.05) is 18.4 Å². The van der Waals surface area contributed by atoms with Gasteiger partial charge in [0.15, 0.2) is 0 Å². The van der Waals surface area contributed by atoms with Crippen LogP contribution in [0.4, 0.5) is 4.79 Å². The molecule has 35 heavy (non-hydrogen) atoms. The van der Waals surface area contributed by atoms with Crippen molar-refractivity contribution in [1.82, 2.24) is 10.6 Å². The molecule has 7 nitrogen and oxygen atoms in total. The third-order valence-electron chi connectivity index (χ3n) is 6.72. The van der Waals surface area contributed by atoms with E-state index >= 15 is 0 Å². The van der Waals surface area contributed by atoms with Crippen LogP contribution in [-0.2, 0) is 14.3 Å². The van der Waals surface area contributed by atoms with Gasteiger partial charge in [-0.2, -0.15) is 0 Å². The van der Waals surface area contributed by atoms with E-state index < -0.39 is 17.5 Å². The number of carbonyl (C=O) groups is 3. The van der Waals surface area contributed by atoms with Crippen molar-refractivity contribution in [2.45, 2.75) is 45.1 Å². The number of benzene rings is 2. The van der Waals surface area contributed by atoms with Gasteiger partial charge in [0.2, 0.25) is 5.91 Å². The van der Waals surface area contributed by atoms with Crippen molar-refractivity contribution in [3.63, 3.8) is 0 Å². The van der Waals surface area contributed by atoms with Crippen LogP contribution in [0.15, 0.2) is 60.7 Å². The Balaban J connectivity index is 1.29. The molecular weight excluding hydrogens is 444 g/mol. The maximum Gasteiger partial charge on any atom is 0.407 e. The summed E-state index contributed by atoms with van der Waals surface area (Å²) in [6.07, 6.45) is 4.29. The number of carboxylic acid groups (broad SMARTS) is 1. The molecule has 2 aliphatic rings. The summed E-state index contributed by atoms with van der Waals surface area (Å²) in [6.45, 7) is 4.13. The standard InChI is InChI=1S/C28H32N2O5/c1-28(2,15-25(31)32)17-29-26(33)18-8-7-9-19(14-18)30-27(34)35-16-24-22-12-5-3-10-20(22)21-11-4-6-13-23(21)24/h3-7,9-13,18-19,24H,8,14-17H2,1-2H3,(H,29,33)(H,30,34)(H,31,32). The monoisotopic (exact) mass is 476 g/mol. The van der Waals surface area contributed by atoms with E-state index in [9.17, 15) is 14.4 Å². The number of hydrogen-bond acceptors (Lipinski definition) is 4. The maximum atomic E-state index is 12.7. The number of amides is 2. The highest BCUT2D eigenvalue weighted by Gasteiger charge is 2.31. The Hall–Kier alpha value is -3.61. The molecule has 0 bridgehead atoms. The van der Waals surface area contributed by atoms with Gasteiger partial charge < -0.3 is 20.5 Å². The van der Waals surface area contributed by atoms with Crippen molar-refractivity contribution in [2.75, 3.05) is 13.2 Å². The molecule has 2 amide bonds. The number of alkyl carbamates (subject to hydrolysis) is 1. The molecule has 2 unspecified atom stereocenters. The van der Waals surface area contributed by atoms with Crippen molar-refractivity contribution >= 4 is 18.0 Å². The minimum atomic E-state index is -0.891. The predicted molar refractivity (Wildman–Crippen MR) is 133 cm³/mol. The van der Waals surface area contributed by atoms with E-state index in [-0.39, 0.29) is 43.4 Å². The van der Waals surface area contributed by atoms with Gasteiger partial charge in [-0.3, -0.25) is 9.59 Å². The van der Waals surface area contributed by atoms with Gasteiger partial charge in [-0.1, -0.05) is 74.5 Å². The number of rotatable bonds is 8. The van der Waals surface area contributed by atoms with Crippen molar-refractivity contribution in [1.29, 1.82) is 0 Å². The van der Waals surface area contributed by atoms with Crippen LogP contribution < -0.4 is 10.6 Å². The molecule has 0 aromatic heterocycles. The lowest BCUT2D eigenvalue weighted by Crippen LogP contribution is -2.43. The minimum absolute atomic E-state index is 0.0114. The van der Waals surface area contributed by atoms with Crippen molar-refractivity contribution in [3.8, 4) is 11.1 Å². The molecule has 2 atom stereocenters. The summed E-state index contributed by atoms with van der Waals surface area (Å²) in [6, 6.07) is 16.1. The van der Waals surface area contributed by atoms with Crippen molar-refractivity contribution in [2.24, 2.45) is 11.3 Å². The van der Waals surface area contributed by atoms with E-state index in [1.807, 2.05) is 50.3 Å². The molecule has 184 valence electrons. The van der Waals surface area contributed by atoms with Crippen LogP contribution in [0.1, 0.15) is 50.2 Å². The predicted octanol–water partition coefficient (Wildman–Crippen LogP) is 4.48. The lowest BCUT2D eigenvalue weighted by Gasteiger charge is -2.27. The summed E-state index contributed by atoms with van der Waals surface area (Å²) < 4.78 is 5.63. The molecule has 2 aromatic rings. The normalized spacial score (nSPS) is 18.9. The van der Waals surface area contributed by atoms with Gasteiger partial charge in [0.1, 0.15) is 6.61 Å². The smallest absolute Gasteiger partial charge is 0.407 e. The molecule has 0 heterocycles. The molecule has 0 saturated carbocycles. The number of carboxylic acids is 1. The topological polar surface area (TPSA) is 105 Å². The van der Waals surface area contributed by atoms with Crippen LogP contribution in [0, 0.1) is 11.3 Å². The van der Waals surface area contributed by atoms with E-state index in [0.717, 1.165) is 11.1 Å². The second-order valence-corrected chi connectivity index (χ2v) is 10.1. The van der Waals surface area contributed by atoms with E-state index in [4.69, 9.17) is 9.84 Å². The summed E-state index contributed by atoms with van der Waals surface area (Å²) in [5.41, 5.74) is 4.12. The molecule has 0 fully saturated rings. The van der Waals surface area contributed by atoms with Gasteiger partial charge in [-0.15, -0.1) is 0 Å². The zero-order valence-electron chi connectivity index (χ0n) is 20.1. The lowest BCUT2D eigenvalue weighted by atomic mass is 9.87. The van der Waals surface area contributed by atoms with Crippen LogP contribution in [0.3, 0.4) is 0 Å². The SMILES string of the molecule is CC(C)(CNC(=O)C1CC=CC(NC(=O)OCC2c3ccccc3-c3ccccc32)C1)CC(=O)O. The Morgan fingerprint density at radius 3 is 2.29 bits per heavy atom. The van der Waals surface area contributed by atoms with E-state index in [1.165, 1.54) is 11.1 Å². The first-order chi connectivity index (χ1) is 16.7. The first kappa shape index (κ1) is 24.5. The average molecular weight is 477 g/mol. The number of nitrogens with one attached hydrogen (secondary N) is 2. The molecule has 2 aliphatic carbocycles. The summed E-state index contributed by atoms with van der Waals surface area (Å²) in [5, 5.41) is 14.8. The second kappa shape index (κ2) is 10.3. The van der Waals surface area contributed by atoms with Crippen LogP contribution in [0.5, 0.6) is 0 Å². The fourth-order valence-corrected chi connectivity index (χ4v) is 4.94. The molecule has 7 heteroatoms. The highest BCUT2D eigenvalue weighted by atomic mass is 16.5. The van der Waals surface area contributed by atoms with Gasteiger partial charge in [-0.05, 0) is 40.5 Å². The van der Waals surface area contributed by atoms with Gasteiger partial charge in [-0.25, -0.2) is 4.79 Å². The molecule has 0 radical (unpaired) electrons. The summed E-state index contributed by atoms with van der Waals surface area (Å²) in [4.78, 5) is 36.3. The highest BCUT2D eigenvalue weighted by Crippen LogP contribution is 2.44. The summed E-state index contributed by atoms with van der Waals surface area (Å²) in [5.74, 6) is -1.33. The Kier molecular flexibility index (Phi) is 7.24. The molecule has 4 rings (SSSR count). The first-order valence-electron chi connectivity index (χ1n) is 12.0. The zero-order chi connectivity index (χ0) is 25.0. The number of carbonyl (C=O) groups excluding carboxylic acids is 2. The maximum absolute atomic E-state index is 12.7. The van der Waals surface area contributed by atoms with Crippen molar-refractivity contribution in [3.05, 3.63) is 71.8 Å². The Morgan fingerprint density at radius 1 is 1.03 bits per heavy atom. The number of allylic oxidation sites excluding steroid dienone is 1. The largest absolute Gasteiger partial charge is 0.481 e. The zero-order valence-corrected chi connectivity index (χ0v) is 20.1.